The van der Waals surface area contributed by atoms with Crippen molar-refractivity contribution in [3.05, 3.63) is 245 Å². The maximum atomic E-state index is 2.49. The van der Waals surface area contributed by atoms with Crippen LogP contribution in [0.4, 0.5) is 17.1 Å². The quantitative estimate of drug-likeness (QED) is 0.172. The second-order valence-corrected chi connectivity index (χ2v) is 18.8. The molecule has 0 heterocycles. The van der Waals surface area contributed by atoms with Gasteiger partial charge in [0.15, 0.2) is 0 Å². The first-order valence-electron chi connectivity index (χ1n) is 22.1. The summed E-state index contributed by atoms with van der Waals surface area (Å²) >= 11 is 0. The fourth-order valence-electron chi connectivity index (χ4n) is 12.2. The van der Waals surface area contributed by atoms with E-state index in [9.17, 15) is 0 Å². The molecule has 0 aromatic heterocycles. The summed E-state index contributed by atoms with van der Waals surface area (Å²) in [7, 11) is 0. The molecule has 1 spiro atoms. The summed E-state index contributed by atoms with van der Waals surface area (Å²) in [6.07, 6.45) is 0. The smallest absolute Gasteiger partial charge is 0.0725 e. The predicted octanol–water partition coefficient (Wildman–Crippen LogP) is 15.8. The Morgan fingerprint density at radius 2 is 0.629 bits per heavy atom. The molecule has 0 atom stereocenters. The van der Waals surface area contributed by atoms with E-state index in [2.05, 4.69) is 233 Å². The lowest BCUT2D eigenvalue weighted by Gasteiger charge is -2.30. The molecule has 0 bridgehead atoms. The standard InChI is InChI=1S/C61H45N/c1-59(2)51-23-10-5-18-43(51)48-31-29-41(36-57(48)59)62(42-30-32-49-44-19-6-11-24-52(44)60(3,4)58(49)37-42)40-17-15-16-38(34-40)39-28-33-56-50(35-39)47-22-9-14-27-55(47)61(56)53-25-12-7-20-45(53)46-21-8-13-26-54(46)61/h5-37H,1-4H3. The van der Waals surface area contributed by atoms with E-state index in [1.54, 1.807) is 0 Å². The topological polar surface area (TPSA) is 3.24 Å². The van der Waals surface area contributed by atoms with Crippen LogP contribution in [0, 0.1) is 0 Å². The minimum atomic E-state index is -0.349. The number of anilines is 3. The Morgan fingerprint density at radius 3 is 1.13 bits per heavy atom. The average Bonchev–Trinajstić information content (AvgIpc) is 3.94. The third-order valence-electron chi connectivity index (χ3n) is 15.1. The van der Waals surface area contributed by atoms with Crippen LogP contribution in [0.2, 0.25) is 0 Å². The van der Waals surface area contributed by atoms with Crippen LogP contribution in [-0.4, -0.2) is 0 Å². The Labute approximate surface area is 364 Å². The van der Waals surface area contributed by atoms with Gasteiger partial charge in [0.05, 0.1) is 5.41 Å². The molecule has 4 aliphatic carbocycles. The molecule has 0 saturated carbocycles. The lowest BCUT2D eigenvalue weighted by Crippen LogP contribution is -2.25. The first-order chi connectivity index (χ1) is 30.3. The Hall–Kier alpha value is -7.22. The van der Waals surface area contributed by atoms with E-state index in [0.717, 1.165) is 5.69 Å². The second-order valence-electron chi connectivity index (χ2n) is 18.8. The largest absolute Gasteiger partial charge is 0.310 e. The van der Waals surface area contributed by atoms with Crippen LogP contribution < -0.4 is 4.90 Å². The highest BCUT2D eigenvalue weighted by molar-refractivity contribution is 5.96. The monoisotopic (exact) mass is 791 g/mol. The molecule has 0 N–H and O–H groups in total. The van der Waals surface area contributed by atoms with Gasteiger partial charge < -0.3 is 4.90 Å². The van der Waals surface area contributed by atoms with Crippen molar-refractivity contribution >= 4 is 17.1 Å². The average molecular weight is 792 g/mol. The van der Waals surface area contributed by atoms with Crippen molar-refractivity contribution in [1.82, 2.24) is 0 Å². The molecule has 0 aliphatic heterocycles. The summed E-state index contributed by atoms with van der Waals surface area (Å²) in [5.74, 6) is 0. The Balaban J connectivity index is 0.984. The summed E-state index contributed by atoms with van der Waals surface area (Å²) < 4.78 is 0. The zero-order valence-corrected chi connectivity index (χ0v) is 35.5. The molecule has 0 saturated heterocycles. The number of hydrogen-bond acceptors (Lipinski definition) is 1. The Morgan fingerprint density at radius 1 is 0.258 bits per heavy atom. The molecule has 9 aromatic carbocycles. The SMILES string of the molecule is CC1(C)c2ccccc2-c2ccc(N(c3cccc(-c4ccc5c(c4)-c4ccccc4C54c5ccccc5-c5ccccc54)c3)c3ccc4c(c3)C(C)(C)c3ccccc3-4)cc21. The molecular weight excluding hydrogens is 747 g/mol. The van der Waals surface area contributed by atoms with Gasteiger partial charge >= 0.3 is 0 Å². The van der Waals surface area contributed by atoms with E-state index in [4.69, 9.17) is 0 Å². The van der Waals surface area contributed by atoms with Gasteiger partial charge in [-0.1, -0.05) is 185 Å². The van der Waals surface area contributed by atoms with E-state index in [-0.39, 0.29) is 16.2 Å². The summed E-state index contributed by atoms with van der Waals surface area (Å²) in [4.78, 5) is 2.49. The third kappa shape index (κ3) is 4.53. The molecule has 294 valence electrons. The second kappa shape index (κ2) is 12.4. The summed E-state index contributed by atoms with van der Waals surface area (Å²) in [5.41, 5.74) is 26.9. The molecule has 0 radical (unpaired) electrons. The number of hydrogen-bond donors (Lipinski definition) is 0. The maximum absolute atomic E-state index is 2.49. The lowest BCUT2D eigenvalue weighted by atomic mass is 9.70. The molecule has 62 heavy (non-hydrogen) atoms. The fraction of sp³-hybridized carbons (Fsp3) is 0.115. The first-order valence-corrected chi connectivity index (χ1v) is 22.1. The van der Waals surface area contributed by atoms with Crippen molar-refractivity contribution in [2.24, 2.45) is 0 Å². The number of nitrogens with zero attached hydrogens (tertiary/aromatic N) is 1. The van der Waals surface area contributed by atoms with Crippen molar-refractivity contribution in [2.75, 3.05) is 4.90 Å². The van der Waals surface area contributed by atoms with Gasteiger partial charge in [-0.05, 0) is 143 Å². The van der Waals surface area contributed by atoms with E-state index in [0.29, 0.717) is 0 Å². The van der Waals surface area contributed by atoms with Crippen LogP contribution in [0.3, 0.4) is 0 Å². The van der Waals surface area contributed by atoms with Gasteiger partial charge in [0.25, 0.3) is 0 Å². The highest BCUT2D eigenvalue weighted by Crippen LogP contribution is 2.63. The number of rotatable bonds is 4. The van der Waals surface area contributed by atoms with Gasteiger partial charge in [-0.15, -0.1) is 0 Å². The minimum absolute atomic E-state index is 0.116. The van der Waals surface area contributed by atoms with Crippen LogP contribution in [0.15, 0.2) is 200 Å². The molecular formula is C61H45N. The third-order valence-corrected chi connectivity index (χ3v) is 15.1. The molecule has 13 rings (SSSR count). The zero-order chi connectivity index (χ0) is 41.5. The Bertz CT molecular complexity index is 3220. The fourth-order valence-corrected chi connectivity index (χ4v) is 12.2. The van der Waals surface area contributed by atoms with Crippen LogP contribution in [-0.2, 0) is 16.2 Å². The van der Waals surface area contributed by atoms with Gasteiger partial charge in [-0.25, -0.2) is 0 Å². The minimum Gasteiger partial charge on any atom is -0.310 e. The van der Waals surface area contributed by atoms with E-state index < -0.39 is 0 Å². The van der Waals surface area contributed by atoms with Gasteiger partial charge in [-0.3, -0.25) is 0 Å². The molecule has 1 heteroatoms. The highest BCUT2D eigenvalue weighted by Gasteiger charge is 2.51. The number of benzene rings is 9. The summed E-state index contributed by atoms with van der Waals surface area (Å²) in [6, 6.07) is 75.8. The molecule has 0 unspecified atom stereocenters. The van der Waals surface area contributed by atoms with E-state index in [1.807, 2.05) is 0 Å². The van der Waals surface area contributed by atoms with Crippen LogP contribution >= 0.6 is 0 Å². The van der Waals surface area contributed by atoms with E-state index >= 15 is 0 Å². The van der Waals surface area contributed by atoms with Crippen molar-refractivity contribution in [3.63, 3.8) is 0 Å². The molecule has 0 fully saturated rings. The van der Waals surface area contributed by atoms with Crippen LogP contribution in [0.1, 0.15) is 72.2 Å². The molecule has 4 aliphatic rings. The predicted molar refractivity (Wildman–Crippen MR) is 258 cm³/mol. The maximum Gasteiger partial charge on any atom is 0.0725 e. The lowest BCUT2D eigenvalue weighted by molar-refractivity contribution is 0.660. The zero-order valence-electron chi connectivity index (χ0n) is 35.5. The van der Waals surface area contributed by atoms with E-state index in [1.165, 1.54) is 112 Å². The highest BCUT2D eigenvalue weighted by atomic mass is 15.1. The normalized spacial score (nSPS) is 15.5. The van der Waals surface area contributed by atoms with Gasteiger partial charge in [-0.2, -0.15) is 0 Å². The molecule has 0 amide bonds. The van der Waals surface area contributed by atoms with Gasteiger partial charge in [0, 0.05) is 27.9 Å². The van der Waals surface area contributed by atoms with Crippen molar-refractivity contribution < 1.29 is 0 Å². The van der Waals surface area contributed by atoms with Gasteiger partial charge in [0.2, 0.25) is 0 Å². The van der Waals surface area contributed by atoms with Crippen molar-refractivity contribution in [2.45, 2.75) is 43.9 Å². The number of fused-ring (bicyclic) bond motifs is 16. The molecule has 9 aromatic rings. The van der Waals surface area contributed by atoms with Crippen molar-refractivity contribution in [3.8, 4) is 55.6 Å². The van der Waals surface area contributed by atoms with Crippen LogP contribution in [0.25, 0.3) is 55.6 Å². The van der Waals surface area contributed by atoms with Gasteiger partial charge in [0.1, 0.15) is 0 Å². The van der Waals surface area contributed by atoms with Crippen molar-refractivity contribution in [1.29, 1.82) is 0 Å². The first kappa shape index (κ1) is 35.5. The van der Waals surface area contributed by atoms with Crippen LogP contribution in [0.5, 0.6) is 0 Å². The molecule has 1 nitrogen and oxygen atoms in total. The Kier molecular flexibility index (Phi) is 7.12. The summed E-state index contributed by atoms with van der Waals surface area (Å²) in [6.45, 7) is 9.50. The summed E-state index contributed by atoms with van der Waals surface area (Å²) in [5, 5.41) is 0.